The standard InChI is InChI=1S/C14H18ClFN2O/c1-9-4-3-5-10(2)18(9)14(19)17-13-7-6-11(15)8-12(13)16/h6-10H,3-5H2,1-2H3,(H,17,19)/t9-,10+. The van der Waals surface area contributed by atoms with Gasteiger partial charge in [-0.3, -0.25) is 0 Å². The van der Waals surface area contributed by atoms with Crippen LogP contribution in [0.3, 0.4) is 0 Å². The lowest BCUT2D eigenvalue weighted by Crippen LogP contribution is -2.49. The lowest BCUT2D eigenvalue weighted by atomic mass is 9.98. The normalized spacial score (nSPS) is 23.3. The number of carbonyl (C=O) groups is 1. The summed E-state index contributed by atoms with van der Waals surface area (Å²) in [7, 11) is 0. The summed E-state index contributed by atoms with van der Waals surface area (Å²) in [6.45, 7) is 4.04. The second kappa shape index (κ2) is 5.78. The quantitative estimate of drug-likeness (QED) is 0.820. The lowest BCUT2D eigenvalue weighted by Gasteiger charge is -2.38. The molecule has 2 rings (SSSR count). The molecule has 19 heavy (non-hydrogen) atoms. The van der Waals surface area contributed by atoms with Crippen LogP contribution in [0, 0.1) is 5.82 Å². The zero-order valence-corrected chi connectivity index (χ0v) is 11.9. The topological polar surface area (TPSA) is 32.3 Å². The van der Waals surface area contributed by atoms with Gasteiger partial charge in [0, 0.05) is 17.1 Å². The molecule has 0 bridgehead atoms. The maximum Gasteiger partial charge on any atom is 0.322 e. The summed E-state index contributed by atoms with van der Waals surface area (Å²) in [5.74, 6) is -0.516. The van der Waals surface area contributed by atoms with Gasteiger partial charge in [-0.25, -0.2) is 9.18 Å². The minimum atomic E-state index is -0.516. The van der Waals surface area contributed by atoms with E-state index in [2.05, 4.69) is 5.32 Å². The first-order valence-electron chi connectivity index (χ1n) is 6.53. The minimum absolute atomic E-state index is 0.166. The molecule has 0 aromatic heterocycles. The Morgan fingerprint density at radius 3 is 2.58 bits per heavy atom. The number of hydrogen-bond acceptors (Lipinski definition) is 1. The third kappa shape index (κ3) is 3.18. The molecular formula is C14H18ClFN2O. The Morgan fingerprint density at radius 1 is 1.37 bits per heavy atom. The van der Waals surface area contributed by atoms with Gasteiger partial charge in [-0.15, -0.1) is 0 Å². The molecule has 1 aliphatic heterocycles. The highest BCUT2D eigenvalue weighted by Gasteiger charge is 2.29. The zero-order chi connectivity index (χ0) is 14.0. The van der Waals surface area contributed by atoms with Gasteiger partial charge < -0.3 is 10.2 Å². The van der Waals surface area contributed by atoms with Gasteiger partial charge in [0.25, 0.3) is 0 Å². The number of anilines is 1. The Hall–Kier alpha value is -1.29. The molecule has 3 nitrogen and oxygen atoms in total. The number of piperidine rings is 1. The van der Waals surface area contributed by atoms with Crippen molar-refractivity contribution < 1.29 is 9.18 Å². The molecule has 2 amide bonds. The van der Waals surface area contributed by atoms with Crippen molar-refractivity contribution in [1.82, 2.24) is 4.90 Å². The number of benzene rings is 1. The number of likely N-dealkylation sites (tertiary alicyclic amines) is 1. The molecule has 1 N–H and O–H groups in total. The Labute approximate surface area is 117 Å². The fourth-order valence-electron chi connectivity index (χ4n) is 2.59. The van der Waals surface area contributed by atoms with Gasteiger partial charge >= 0.3 is 6.03 Å². The number of halogens is 2. The second-order valence-electron chi connectivity index (χ2n) is 5.09. The van der Waals surface area contributed by atoms with E-state index >= 15 is 0 Å². The summed E-state index contributed by atoms with van der Waals surface area (Å²) in [6.07, 6.45) is 3.10. The third-order valence-corrected chi connectivity index (χ3v) is 3.84. The molecule has 1 heterocycles. The average molecular weight is 285 g/mol. The van der Waals surface area contributed by atoms with Crippen LogP contribution < -0.4 is 5.32 Å². The summed E-state index contributed by atoms with van der Waals surface area (Å²) in [4.78, 5) is 14.0. The van der Waals surface area contributed by atoms with Crippen LogP contribution >= 0.6 is 11.6 Å². The van der Waals surface area contributed by atoms with Crippen molar-refractivity contribution in [3.05, 3.63) is 29.0 Å². The van der Waals surface area contributed by atoms with Crippen LogP contribution in [0.25, 0.3) is 0 Å². The minimum Gasteiger partial charge on any atom is -0.319 e. The number of rotatable bonds is 1. The van der Waals surface area contributed by atoms with Gasteiger partial charge in [-0.05, 0) is 51.3 Å². The Morgan fingerprint density at radius 2 is 2.00 bits per heavy atom. The van der Waals surface area contributed by atoms with E-state index in [0.29, 0.717) is 5.02 Å². The predicted molar refractivity (Wildman–Crippen MR) is 75.0 cm³/mol. The van der Waals surface area contributed by atoms with Crippen LogP contribution in [0.2, 0.25) is 5.02 Å². The lowest BCUT2D eigenvalue weighted by molar-refractivity contribution is 0.133. The van der Waals surface area contributed by atoms with Crippen LogP contribution in [-0.2, 0) is 0 Å². The molecule has 1 saturated heterocycles. The van der Waals surface area contributed by atoms with Crippen molar-refractivity contribution in [2.75, 3.05) is 5.32 Å². The molecule has 1 aliphatic rings. The number of hydrogen-bond donors (Lipinski definition) is 1. The van der Waals surface area contributed by atoms with Crippen molar-refractivity contribution >= 4 is 23.3 Å². The van der Waals surface area contributed by atoms with E-state index < -0.39 is 5.82 Å². The van der Waals surface area contributed by atoms with Gasteiger partial charge in [0.15, 0.2) is 0 Å². The summed E-state index contributed by atoms with van der Waals surface area (Å²) < 4.78 is 13.7. The molecule has 1 aromatic carbocycles. The molecular weight excluding hydrogens is 267 g/mol. The number of nitrogens with zero attached hydrogens (tertiary/aromatic N) is 1. The van der Waals surface area contributed by atoms with E-state index in [-0.39, 0.29) is 23.8 Å². The Kier molecular flexibility index (Phi) is 4.30. The highest BCUT2D eigenvalue weighted by Crippen LogP contribution is 2.25. The largest absolute Gasteiger partial charge is 0.322 e. The van der Waals surface area contributed by atoms with E-state index in [0.717, 1.165) is 19.3 Å². The SMILES string of the molecule is C[C@@H]1CCC[C@H](C)N1C(=O)Nc1ccc(Cl)cc1F. The smallest absolute Gasteiger partial charge is 0.319 e. The molecule has 1 fully saturated rings. The van der Waals surface area contributed by atoms with Gasteiger partial charge in [0.1, 0.15) is 5.82 Å². The van der Waals surface area contributed by atoms with E-state index in [4.69, 9.17) is 11.6 Å². The predicted octanol–water partition coefficient (Wildman–Crippen LogP) is 4.27. The number of carbonyl (C=O) groups excluding carboxylic acids is 1. The van der Waals surface area contributed by atoms with Crippen LogP contribution in [0.4, 0.5) is 14.9 Å². The zero-order valence-electron chi connectivity index (χ0n) is 11.1. The van der Waals surface area contributed by atoms with Crippen molar-refractivity contribution in [1.29, 1.82) is 0 Å². The van der Waals surface area contributed by atoms with Crippen molar-refractivity contribution in [2.45, 2.75) is 45.2 Å². The summed E-state index contributed by atoms with van der Waals surface area (Å²) in [5.41, 5.74) is 0.166. The van der Waals surface area contributed by atoms with Crippen LogP contribution in [0.15, 0.2) is 18.2 Å². The first-order valence-corrected chi connectivity index (χ1v) is 6.91. The number of amides is 2. The summed E-state index contributed by atoms with van der Waals surface area (Å²) >= 11 is 5.69. The van der Waals surface area contributed by atoms with Gasteiger partial charge in [0.2, 0.25) is 0 Å². The Balaban J connectivity index is 2.11. The average Bonchev–Trinajstić information content (AvgIpc) is 2.32. The molecule has 0 aliphatic carbocycles. The first kappa shape index (κ1) is 14.1. The maximum absolute atomic E-state index is 13.7. The highest BCUT2D eigenvalue weighted by atomic mass is 35.5. The third-order valence-electron chi connectivity index (χ3n) is 3.60. The summed E-state index contributed by atoms with van der Waals surface area (Å²) in [5, 5.41) is 2.94. The molecule has 0 unspecified atom stereocenters. The number of nitrogens with one attached hydrogen (secondary N) is 1. The van der Waals surface area contributed by atoms with Crippen molar-refractivity contribution in [3.63, 3.8) is 0 Å². The highest BCUT2D eigenvalue weighted by molar-refractivity contribution is 6.30. The van der Waals surface area contributed by atoms with Gasteiger partial charge in [-0.1, -0.05) is 11.6 Å². The van der Waals surface area contributed by atoms with E-state index in [1.165, 1.54) is 12.1 Å². The fourth-order valence-corrected chi connectivity index (χ4v) is 2.75. The summed E-state index contributed by atoms with van der Waals surface area (Å²) in [6, 6.07) is 4.34. The molecule has 5 heteroatoms. The number of urea groups is 1. The molecule has 2 atom stereocenters. The maximum atomic E-state index is 13.7. The van der Waals surface area contributed by atoms with Gasteiger partial charge in [-0.2, -0.15) is 0 Å². The van der Waals surface area contributed by atoms with E-state index in [1.54, 1.807) is 11.0 Å². The monoisotopic (exact) mass is 284 g/mol. The van der Waals surface area contributed by atoms with E-state index in [1.807, 2.05) is 13.8 Å². The van der Waals surface area contributed by atoms with Crippen molar-refractivity contribution in [3.8, 4) is 0 Å². The van der Waals surface area contributed by atoms with E-state index in [9.17, 15) is 9.18 Å². The van der Waals surface area contributed by atoms with Crippen molar-refractivity contribution in [2.24, 2.45) is 0 Å². The molecule has 0 radical (unpaired) electrons. The first-order chi connectivity index (χ1) is 8.99. The molecule has 1 aromatic rings. The van der Waals surface area contributed by atoms with Gasteiger partial charge in [0.05, 0.1) is 5.69 Å². The Bertz CT molecular complexity index is 471. The fraction of sp³-hybridized carbons (Fsp3) is 0.500. The van der Waals surface area contributed by atoms with Crippen LogP contribution in [0.5, 0.6) is 0 Å². The van der Waals surface area contributed by atoms with Crippen LogP contribution in [-0.4, -0.2) is 23.0 Å². The molecule has 0 saturated carbocycles. The second-order valence-corrected chi connectivity index (χ2v) is 5.53. The molecule has 0 spiro atoms. The molecule has 104 valence electrons. The van der Waals surface area contributed by atoms with Crippen LogP contribution in [0.1, 0.15) is 33.1 Å².